The van der Waals surface area contributed by atoms with Gasteiger partial charge in [-0.05, 0) is 50.5 Å². The molecule has 4 atom stereocenters. The molecule has 2 fully saturated rings. The Morgan fingerprint density at radius 1 is 1.24 bits per heavy atom. The Bertz CT molecular complexity index is 216. The molecule has 1 saturated heterocycles. The average Bonchev–Trinajstić information content (AvgIpc) is 2.90. The van der Waals surface area contributed by atoms with Gasteiger partial charge in [0.2, 0.25) is 0 Å². The van der Waals surface area contributed by atoms with Gasteiger partial charge in [-0.3, -0.25) is 0 Å². The average molecular weight is 241 g/mol. The highest BCUT2D eigenvalue weighted by Crippen LogP contribution is 2.29. The van der Waals surface area contributed by atoms with Crippen LogP contribution in [0, 0.1) is 17.8 Å². The first kappa shape index (κ1) is 13.3. The van der Waals surface area contributed by atoms with Crippen LogP contribution in [0.1, 0.15) is 39.0 Å². The van der Waals surface area contributed by atoms with Crippen molar-refractivity contribution in [2.75, 3.05) is 26.4 Å². The molecule has 0 aromatic rings. The van der Waals surface area contributed by atoms with Crippen molar-refractivity contribution >= 4 is 0 Å². The number of nitrogens with one attached hydrogen (secondary N) is 1. The minimum Gasteiger partial charge on any atom is -0.396 e. The van der Waals surface area contributed by atoms with Crippen molar-refractivity contribution in [1.82, 2.24) is 5.32 Å². The predicted molar refractivity (Wildman–Crippen MR) is 68.9 cm³/mol. The monoisotopic (exact) mass is 241 g/mol. The Morgan fingerprint density at radius 3 is 2.65 bits per heavy atom. The van der Waals surface area contributed by atoms with Crippen molar-refractivity contribution in [3.63, 3.8) is 0 Å². The molecule has 1 aliphatic carbocycles. The largest absolute Gasteiger partial charge is 0.396 e. The van der Waals surface area contributed by atoms with Crippen LogP contribution < -0.4 is 5.32 Å². The van der Waals surface area contributed by atoms with Gasteiger partial charge in [-0.25, -0.2) is 0 Å². The van der Waals surface area contributed by atoms with E-state index in [9.17, 15) is 5.11 Å². The normalized spacial score (nSPS) is 36.0. The van der Waals surface area contributed by atoms with Crippen LogP contribution in [0.5, 0.6) is 0 Å². The number of aliphatic hydroxyl groups is 1. The zero-order valence-corrected chi connectivity index (χ0v) is 11.0. The van der Waals surface area contributed by atoms with Crippen LogP contribution >= 0.6 is 0 Å². The van der Waals surface area contributed by atoms with E-state index in [1.807, 2.05) is 0 Å². The van der Waals surface area contributed by atoms with Gasteiger partial charge in [0.05, 0.1) is 6.61 Å². The van der Waals surface area contributed by atoms with E-state index in [2.05, 4.69) is 12.2 Å². The molecule has 0 radical (unpaired) electrons. The third kappa shape index (κ3) is 3.67. The molecule has 2 aliphatic rings. The maximum Gasteiger partial charge on any atom is 0.0509 e. The summed E-state index contributed by atoms with van der Waals surface area (Å²) in [6.07, 6.45) is 6.33. The summed E-state index contributed by atoms with van der Waals surface area (Å²) in [5.74, 6) is 1.90. The van der Waals surface area contributed by atoms with Crippen LogP contribution in [0.3, 0.4) is 0 Å². The third-order valence-electron chi connectivity index (χ3n) is 4.68. The molecule has 0 bridgehead atoms. The molecule has 0 amide bonds. The van der Waals surface area contributed by atoms with Gasteiger partial charge in [-0.1, -0.05) is 12.8 Å². The second-order valence-electron chi connectivity index (χ2n) is 5.81. The highest BCUT2D eigenvalue weighted by atomic mass is 16.5. The summed E-state index contributed by atoms with van der Waals surface area (Å²) in [7, 11) is 0. The first-order valence-electron chi connectivity index (χ1n) is 7.23. The number of aliphatic hydroxyl groups excluding tert-OH is 1. The molecule has 2 rings (SSSR count). The lowest BCUT2D eigenvalue weighted by molar-refractivity contribution is 0.127. The number of hydrogen-bond acceptors (Lipinski definition) is 3. The first-order valence-corrected chi connectivity index (χ1v) is 7.23. The molecule has 2 N–H and O–H groups in total. The van der Waals surface area contributed by atoms with E-state index in [4.69, 9.17) is 4.74 Å². The minimum atomic E-state index is 0.368. The summed E-state index contributed by atoms with van der Waals surface area (Å²) in [6.45, 7) is 5.56. The zero-order chi connectivity index (χ0) is 12.1. The summed E-state index contributed by atoms with van der Waals surface area (Å²) in [5.41, 5.74) is 0. The summed E-state index contributed by atoms with van der Waals surface area (Å²) in [5, 5.41) is 13.1. The van der Waals surface area contributed by atoms with E-state index in [1.54, 1.807) is 0 Å². The molecular weight excluding hydrogens is 214 g/mol. The summed E-state index contributed by atoms with van der Waals surface area (Å²) in [4.78, 5) is 0. The van der Waals surface area contributed by atoms with Crippen LogP contribution in [0.25, 0.3) is 0 Å². The molecular formula is C14H27NO2. The fourth-order valence-electron chi connectivity index (χ4n) is 3.24. The first-order chi connectivity index (χ1) is 8.31. The Balaban J connectivity index is 1.72. The predicted octanol–water partition coefficient (Wildman–Crippen LogP) is 1.80. The second-order valence-corrected chi connectivity index (χ2v) is 5.81. The summed E-state index contributed by atoms with van der Waals surface area (Å²) >= 11 is 0. The molecule has 17 heavy (non-hydrogen) atoms. The quantitative estimate of drug-likeness (QED) is 0.771. The van der Waals surface area contributed by atoms with Crippen LogP contribution in [0.4, 0.5) is 0 Å². The highest BCUT2D eigenvalue weighted by Gasteiger charge is 2.26. The molecule has 3 heteroatoms. The topological polar surface area (TPSA) is 41.5 Å². The Kier molecular flexibility index (Phi) is 5.26. The van der Waals surface area contributed by atoms with Gasteiger partial charge < -0.3 is 15.2 Å². The van der Waals surface area contributed by atoms with Crippen molar-refractivity contribution in [2.24, 2.45) is 17.8 Å². The molecule has 1 saturated carbocycles. The van der Waals surface area contributed by atoms with E-state index in [1.165, 1.54) is 32.1 Å². The third-order valence-corrected chi connectivity index (χ3v) is 4.68. The molecule has 0 aromatic heterocycles. The molecule has 0 aromatic carbocycles. The maximum absolute atomic E-state index is 9.39. The number of rotatable bonds is 5. The van der Waals surface area contributed by atoms with E-state index < -0.39 is 0 Å². The van der Waals surface area contributed by atoms with E-state index in [-0.39, 0.29) is 0 Å². The van der Waals surface area contributed by atoms with Gasteiger partial charge in [0.25, 0.3) is 0 Å². The summed E-state index contributed by atoms with van der Waals surface area (Å²) in [6, 6.07) is 0.554. The van der Waals surface area contributed by atoms with Crippen LogP contribution in [-0.4, -0.2) is 37.5 Å². The molecule has 100 valence electrons. The van der Waals surface area contributed by atoms with Crippen LogP contribution in [0.15, 0.2) is 0 Å². The maximum atomic E-state index is 9.39. The zero-order valence-electron chi connectivity index (χ0n) is 11.0. The number of ether oxygens (including phenoxy) is 1. The van der Waals surface area contributed by atoms with E-state index in [0.29, 0.717) is 30.4 Å². The van der Waals surface area contributed by atoms with Gasteiger partial charge in [0, 0.05) is 19.3 Å². The standard InChI is InChI=1S/C14H27NO2/c1-11(14-6-7-17-10-14)15-8-12-4-2-3-5-13(12)9-16/h11-16H,2-10H2,1H3. The minimum absolute atomic E-state index is 0.368. The summed E-state index contributed by atoms with van der Waals surface area (Å²) < 4.78 is 5.43. The molecule has 3 nitrogen and oxygen atoms in total. The Labute approximate surface area is 105 Å². The number of hydrogen-bond donors (Lipinski definition) is 2. The van der Waals surface area contributed by atoms with Crippen molar-refractivity contribution in [1.29, 1.82) is 0 Å². The Morgan fingerprint density at radius 2 is 2.00 bits per heavy atom. The van der Waals surface area contributed by atoms with Crippen molar-refractivity contribution in [3.05, 3.63) is 0 Å². The smallest absolute Gasteiger partial charge is 0.0509 e. The van der Waals surface area contributed by atoms with Crippen molar-refractivity contribution < 1.29 is 9.84 Å². The lowest BCUT2D eigenvalue weighted by atomic mass is 9.79. The van der Waals surface area contributed by atoms with Gasteiger partial charge in [-0.2, -0.15) is 0 Å². The van der Waals surface area contributed by atoms with Gasteiger partial charge in [-0.15, -0.1) is 0 Å². The lowest BCUT2D eigenvalue weighted by Crippen LogP contribution is -2.40. The Hall–Kier alpha value is -0.120. The van der Waals surface area contributed by atoms with Gasteiger partial charge in [0.1, 0.15) is 0 Å². The molecule has 1 heterocycles. The fourth-order valence-corrected chi connectivity index (χ4v) is 3.24. The fraction of sp³-hybridized carbons (Fsp3) is 1.00. The highest BCUT2D eigenvalue weighted by molar-refractivity contribution is 4.80. The molecule has 4 unspecified atom stereocenters. The lowest BCUT2D eigenvalue weighted by Gasteiger charge is -2.32. The molecule has 1 aliphatic heterocycles. The SMILES string of the molecule is CC(NCC1CCCCC1CO)C1CCOC1. The second kappa shape index (κ2) is 6.72. The van der Waals surface area contributed by atoms with Crippen molar-refractivity contribution in [3.8, 4) is 0 Å². The van der Waals surface area contributed by atoms with Crippen molar-refractivity contribution in [2.45, 2.75) is 45.1 Å². The van der Waals surface area contributed by atoms with E-state index in [0.717, 1.165) is 19.8 Å². The van der Waals surface area contributed by atoms with Crippen LogP contribution in [0.2, 0.25) is 0 Å². The van der Waals surface area contributed by atoms with Crippen LogP contribution in [-0.2, 0) is 4.74 Å². The van der Waals surface area contributed by atoms with E-state index >= 15 is 0 Å². The van der Waals surface area contributed by atoms with Gasteiger partial charge >= 0.3 is 0 Å². The molecule has 0 spiro atoms. The van der Waals surface area contributed by atoms with Gasteiger partial charge in [0.15, 0.2) is 0 Å².